The minimum Gasteiger partial charge on any atom is -0.504 e. The molecule has 9 heteroatoms. The number of rotatable bonds is 3. The molecule has 4 rings (SSSR count). The number of fused-ring (bicyclic) bond motifs is 3. The molecule has 3 aliphatic rings. The number of carbonyl (C=O) groups excluding carboxylic acids is 3. The molecule has 0 saturated heterocycles. The van der Waals surface area contributed by atoms with Gasteiger partial charge >= 0.3 is 0 Å². The number of ketones is 2. The van der Waals surface area contributed by atoms with Crippen molar-refractivity contribution in [1.29, 1.82) is 0 Å². The van der Waals surface area contributed by atoms with Gasteiger partial charge in [-0.15, -0.1) is 0 Å². The molecule has 8 nitrogen and oxygen atoms in total. The minimum atomic E-state index is -2.57. The molecular weight excluding hydrogens is 457 g/mol. The van der Waals surface area contributed by atoms with Crippen molar-refractivity contribution in [3.63, 3.8) is 0 Å². The smallest absolute Gasteiger partial charge is 0.230 e. The number of aliphatic hydroxyl groups is 3. The number of phenols is 1. The summed E-state index contributed by atoms with van der Waals surface area (Å²) in [6, 6.07) is 1.20. The quantitative estimate of drug-likeness (QED) is 0.398. The zero-order valence-corrected chi connectivity index (χ0v) is 20.6. The zero-order valence-electron chi connectivity index (χ0n) is 20.6. The van der Waals surface area contributed by atoms with Gasteiger partial charge in [0.25, 0.3) is 0 Å². The number of hydrogen-bond donors (Lipinski definition) is 5. The van der Waals surface area contributed by atoms with Gasteiger partial charge in [0.2, 0.25) is 5.91 Å². The molecule has 0 aliphatic heterocycles. The van der Waals surface area contributed by atoms with E-state index in [4.69, 9.17) is 5.73 Å². The maximum absolute atomic E-state index is 14.5. The molecule has 1 aromatic rings. The molecule has 6 N–H and O–H groups in total. The summed E-state index contributed by atoms with van der Waals surface area (Å²) in [5.41, 5.74) is 1.25. The van der Waals surface area contributed by atoms with E-state index in [1.807, 2.05) is 0 Å². The van der Waals surface area contributed by atoms with E-state index in [0.717, 1.165) is 0 Å². The zero-order chi connectivity index (χ0) is 26.4. The third-order valence-corrected chi connectivity index (χ3v) is 9.21. The SMILES string of the molecule is CCc1cc(F)c(O)c2c1C[C@]1(C)C[C@]3(C)[C@@H](C(C)C)C(O)[C@@H](C(N)=O)C(=O)[C@]3(O)C(O)[C@H]1C2=O. The standard InChI is InChI=1S/C26H34FNO7/c1-6-11-7-13(27)18(29)14-12(11)8-24(4)9-25(5)16(10(2)3)20(31)15(23(28)34)21(32)26(25,35)22(33)17(24)19(14)30/h7,10,15-17,20,22,29,31,33,35H,6,8-9H2,1-5H3,(H2,28,34)/t15-,16+,17-,20?,22?,24-,25-,26+/m1/s1. The molecule has 1 amide bonds. The Kier molecular flexibility index (Phi) is 5.75. The van der Waals surface area contributed by atoms with Crippen molar-refractivity contribution in [2.45, 2.75) is 71.7 Å². The van der Waals surface area contributed by atoms with E-state index in [0.29, 0.717) is 17.5 Å². The number of aryl methyl sites for hydroxylation is 1. The summed E-state index contributed by atoms with van der Waals surface area (Å²) in [6.07, 6.45) is -2.80. The highest BCUT2D eigenvalue weighted by Gasteiger charge is 2.75. The Bertz CT molecular complexity index is 1140. The molecule has 8 atom stereocenters. The van der Waals surface area contributed by atoms with Gasteiger partial charge in [-0.1, -0.05) is 34.6 Å². The second-order valence-corrected chi connectivity index (χ2v) is 11.6. The Morgan fingerprint density at radius 3 is 2.37 bits per heavy atom. The molecule has 0 radical (unpaired) electrons. The molecule has 1 aromatic carbocycles. The fraction of sp³-hybridized carbons (Fsp3) is 0.654. The van der Waals surface area contributed by atoms with Gasteiger partial charge in [-0.2, -0.15) is 0 Å². The first-order valence-electron chi connectivity index (χ1n) is 12.1. The van der Waals surface area contributed by atoms with Crippen LogP contribution in [0.15, 0.2) is 6.07 Å². The third-order valence-electron chi connectivity index (χ3n) is 9.21. The largest absolute Gasteiger partial charge is 0.504 e. The maximum atomic E-state index is 14.5. The summed E-state index contributed by atoms with van der Waals surface area (Å²) >= 11 is 0. The number of aliphatic hydroxyl groups excluding tert-OH is 2. The number of amides is 1. The maximum Gasteiger partial charge on any atom is 0.230 e. The molecule has 2 unspecified atom stereocenters. The summed E-state index contributed by atoms with van der Waals surface area (Å²) in [6.45, 7) is 8.73. The van der Waals surface area contributed by atoms with Crippen LogP contribution >= 0.6 is 0 Å². The van der Waals surface area contributed by atoms with Crippen LogP contribution in [-0.4, -0.2) is 55.7 Å². The lowest BCUT2D eigenvalue weighted by atomic mass is 9.39. The van der Waals surface area contributed by atoms with Crippen LogP contribution in [0.5, 0.6) is 5.75 Å². The molecule has 0 bridgehead atoms. The molecule has 0 heterocycles. The van der Waals surface area contributed by atoms with Crippen molar-refractivity contribution in [2.24, 2.45) is 40.2 Å². The molecular formula is C26H34FNO7. The lowest BCUT2D eigenvalue weighted by molar-refractivity contribution is -0.265. The molecule has 0 aromatic heterocycles. The van der Waals surface area contributed by atoms with Crippen molar-refractivity contribution in [1.82, 2.24) is 0 Å². The molecule has 35 heavy (non-hydrogen) atoms. The van der Waals surface area contributed by atoms with Crippen molar-refractivity contribution in [3.05, 3.63) is 28.6 Å². The van der Waals surface area contributed by atoms with Gasteiger partial charge in [0.05, 0.1) is 17.6 Å². The Hall–Kier alpha value is -2.36. The third kappa shape index (κ3) is 3.04. The lowest BCUT2D eigenvalue weighted by Crippen LogP contribution is -2.79. The highest BCUT2D eigenvalue weighted by atomic mass is 19.1. The Morgan fingerprint density at radius 1 is 1.26 bits per heavy atom. The Balaban J connectivity index is 1.99. The predicted octanol–water partition coefficient (Wildman–Crippen LogP) is 1.27. The van der Waals surface area contributed by atoms with Crippen LogP contribution in [0, 0.1) is 40.3 Å². The number of nitrogens with two attached hydrogens (primary N) is 1. The van der Waals surface area contributed by atoms with E-state index in [9.17, 15) is 39.2 Å². The lowest BCUT2D eigenvalue weighted by Gasteiger charge is -2.66. The molecule has 192 valence electrons. The summed E-state index contributed by atoms with van der Waals surface area (Å²) in [4.78, 5) is 39.6. The van der Waals surface area contributed by atoms with Gasteiger partial charge in [-0.05, 0) is 53.7 Å². The predicted molar refractivity (Wildman–Crippen MR) is 123 cm³/mol. The molecule has 3 aliphatic carbocycles. The van der Waals surface area contributed by atoms with Gasteiger partial charge in [0, 0.05) is 5.41 Å². The second-order valence-electron chi connectivity index (χ2n) is 11.6. The number of Topliss-reactive ketones (excluding diaryl/α,β-unsaturated/α-hetero) is 2. The first kappa shape index (κ1) is 25.7. The monoisotopic (exact) mass is 491 g/mol. The van der Waals surface area contributed by atoms with E-state index < -0.39 is 75.4 Å². The molecule has 2 fully saturated rings. The van der Waals surface area contributed by atoms with Crippen LogP contribution in [0.1, 0.15) is 62.5 Å². The van der Waals surface area contributed by atoms with Crippen molar-refractivity contribution < 1.29 is 39.2 Å². The van der Waals surface area contributed by atoms with Crippen LogP contribution in [-0.2, 0) is 22.4 Å². The van der Waals surface area contributed by atoms with Crippen LogP contribution in [0.2, 0.25) is 0 Å². The van der Waals surface area contributed by atoms with Crippen LogP contribution in [0.3, 0.4) is 0 Å². The minimum absolute atomic E-state index is 0.0574. The number of hydrogen-bond acceptors (Lipinski definition) is 7. The number of halogens is 1. The average Bonchev–Trinajstić information content (AvgIpc) is 2.72. The van der Waals surface area contributed by atoms with Gasteiger partial charge < -0.3 is 26.2 Å². The number of carbonyl (C=O) groups is 3. The van der Waals surface area contributed by atoms with Gasteiger partial charge in [0.1, 0.15) is 12.0 Å². The summed E-state index contributed by atoms with van der Waals surface area (Å²) < 4.78 is 14.5. The number of benzene rings is 1. The fourth-order valence-electron chi connectivity index (χ4n) is 7.95. The summed E-state index contributed by atoms with van der Waals surface area (Å²) in [7, 11) is 0. The van der Waals surface area contributed by atoms with Crippen LogP contribution in [0.25, 0.3) is 0 Å². The van der Waals surface area contributed by atoms with E-state index in [-0.39, 0.29) is 24.3 Å². The molecule has 2 saturated carbocycles. The van der Waals surface area contributed by atoms with Crippen LogP contribution in [0.4, 0.5) is 4.39 Å². The van der Waals surface area contributed by atoms with Crippen molar-refractivity contribution in [3.8, 4) is 5.75 Å². The summed E-state index contributed by atoms with van der Waals surface area (Å²) in [5, 5.41) is 45.2. The second kappa shape index (κ2) is 7.82. The van der Waals surface area contributed by atoms with Crippen LogP contribution < -0.4 is 5.73 Å². The van der Waals surface area contributed by atoms with E-state index >= 15 is 0 Å². The molecule has 0 spiro atoms. The van der Waals surface area contributed by atoms with E-state index in [1.54, 1.807) is 34.6 Å². The fourth-order valence-corrected chi connectivity index (χ4v) is 7.95. The Morgan fingerprint density at radius 2 is 1.86 bits per heavy atom. The normalized spacial score (nSPS) is 40.8. The number of aromatic hydroxyl groups is 1. The first-order valence-corrected chi connectivity index (χ1v) is 12.1. The number of phenolic OH excluding ortho intramolecular Hbond substituents is 1. The van der Waals surface area contributed by atoms with Gasteiger partial charge in [-0.25, -0.2) is 4.39 Å². The Labute approximate surface area is 203 Å². The highest BCUT2D eigenvalue weighted by molar-refractivity contribution is 6.09. The van der Waals surface area contributed by atoms with Crippen molar-refractivity contribution in [2.75, 3.05) is 0 Å². The number of primary amides is 1. The highest BCUT2D eigenvalue weighted by Crippen LogP contribution is 2.65. The van der Waals surface area contributed by atoms with E-state index in [1.165, 1.54) is 6.07 Å². The first-order chi connectivity index (χ1) is 16.1. The summed E-state index contributed by atoms with van der Waals surface area (Å²) in [5.74, 6) is -9.04. The van der Waals surface area contributed by atoms with Gasteiger partial charge in [-0.3, -0.25) is 14.4 Å². The van der Waals surface area contributed by atoms with Gasteiger partial charge in [0.15, 0.2) is 28.7 Å². The average molecular weight is 492 g/mol. The van der Waals surface area contributed by atoms with Crippen molar-refractivity contribution >= 4 is 17.5 Å². The van der Waals surface area contributed by atoms with E-state index in [2.05, 4.69) is 0 Å². The topological polar surface area (TPSA) is 158 Å².